The Morgan fingerprint density at radius 3 is 2.05 bits per heavy atom. The van der Waals surface area contributed by atoms with Crippen LogP contribution in [0.25, 0.3) is 0 Å². The van der Waals surface area contributed by atoms with E-state index in [-0.39, 0.29) is 13.5 Å². The Morgan fingerprint density at radius 2 is 1.63 bits per heavy atom. The van der Waals surface area contributed by atoms with Gasteiger partial charge in [-0.05, 0) is 37.1 Å². The molecule has 0 atom stereocenters. The van der Waals surface area contributed by atoms with Crippen molar-refractivity contribution < 1.29 is 10.2 Å². The predicted octanol–water partition coefficient (Wildman–Crippen LogP) is 3.93. The van der Waals surface area contributed by atoms with Crippen molar-refractivity contribution in [3.05, 3.63) is 72.3 Å². The Morgan fingerprint density at radius 1 is 1.00 bits per heavy atom. The molecule has 0 amide bonds. The van der Waals surface area contributed by atoms with Gasteiger partial charge in [-0.1, -0.05) is 36.4 Å². The van der Waals surface area contributed by atoms with E-state index in [0.29, 0.717) is 11.5 Å². The molecule has 0 saturated heterocycles. The fraction of sp³-hybridized carbons (Fsp3) is 0.125. The standard InChI is InChI=1S/C10H12O.C6H6O.H2S/c1-3-5-9-8(2)6-4-7-10(9)11;7-6-4-2-1-3-5-6;/h3-4,6-7,11H,1,5H2,2H3;1-5,7H;1H2. The summed E-state index contributed by atoms with van der Waals surface area (Å²) in [6.45, 7) is 5.61. The first-order chi connectivity index (χ1) is 8.65. The van der Waals surface area contributed by atoms with Crippen LogP contribution >= 0.6 is 13.5 Å². The number of allylic oxidation sites excluding steroid dienone is 1. The summed E-state index contributed by atoms with van der Waals surface area (Å²) in [4.78, 5) is 0. The van der Waals surface area contributed by atoms with Gasteiger partial charge in [-0.3, -0.25) is 0 Å². The Labute approximate surface area is 121 Å². The number of phenols is 2. The van der Waals surface area contributed by atoms with Gasteiger partial charge in [-0.2, -0.15) is 13.5 Å². The lowest BCUT2D eigenvalue weighted by molar-refractivity contribution is 0.469. The summed E-state index contributed by atoms with van der Waals surface area (Å²) in [5.74, 6) is 0.687. The van der Waals surface area contributed by atoms with Gasteiger partial charge in [0.2, 0.25) is 0 Å². The molecule has 0 fully saturated rings. The number of para-hydroxylation sites is 1. The van der Waals surface area contributed by atoms with Gasteiger partial charge in [0, 0.05) is 5.56 Å². The maximum atomic E-state index is 9.37. The van der Waals surface area contributed by atoms with Gasteiger partial charge in [0.25, 0.3) is 0 Å². The first-order valence-electron chi connectivity index (χ1n) is 5.77. The predicted molar refractivity (Wildman–Crippen MR) is 85.2 cm³/mol. The van der Waals surface area contributed by atoms with Gasteiger partial charge < -0.3 is 10.2 Å². The number of aryl methyl sites for hydroxylation is 1. The van der Waals surface area contributed by atoms with E-state index in [4.69, 9.17) is 5.11 Å². The summed E-state index contributed by atoms with van der Waals surface area (Å²) >= 11 is 0. The van der Waals surface area contributed by atoms with Gasteiger partial charge in [-0.25, -0.2) is 0 Å². The van der Waals surface area contributed by atoms with Crippen molar-refractivity contribution in [1.29, 1.82) is 0 Å². The highest BCUT2D eigenvalue weighted by Gasteiger charge is 2.00. The van der Waals surface area contributed by atoms with Crippen molar-refractivity contribution in [2.45, 2.75) is 13.3 Å². The highest BCUT2D eigenvalue weighted by atomic mass is 32.1. The van der Waals surface area contributed by atoms with Gasteiger partial charge in [0.15, 0.2) is 0 Å². The maximum absolute atomic E-state index is 9.37. The molecule has 19 heavy (non-hydrogen) atoms. The molecular formula is C16H20O2S. The summed E-state index contributed by atoms with van der Waals surface area (Å²) in [7, 11) is 0. The molecule has 0 bridgehead atoms. The second-order valence-electron chi connectivity index (χ2n) is 3.90. The Bertz CT molecular complexity index is 475. The van der Waals surface area contributed by atoms with Crippen LogP contribution in [0.1, 0.15) is 11.1 Å². The molecule has 3 heteroatoms. The van der Waals surface area contributed by atoms with Crippen LogP contribution in [0.5, 0.6) is 11.5 Å². The summed E-state index contributed by atoms with van der Waals surface area (Å²) < 4.78 is 0. The van der Waals surface area contributed by atoms with Gasteiger partial charge in [0.05, 0.1) is 0 Å². The first kappa shape index (κ1) is 17.1. The van der Waals surface area contributed by atoms with Crippen LogP contribution in [-0.4, -0.2) is 10.2 Å². The van der Waals surface area contributed by atoms with E-state index in [0.717, 1.165) is 17.5 Å². The molecule has 0 aliphatic carbocycles. The molecule has 0 aliphatic heterocycles. The number of benzene rings is 2. The minimum Gasteiger partial charge on any atom is -0.508 e. The van der Waals surface area contributed by atoms with E-state index in [1.54, 1.807) is 36.4 Å². The summed E-state index contributed by atoms with van der Waals surface area (Å²) in [5.41, 5.74) is 2.09. The van der Waals surface area contributed by atoms with Crippen molar-refractivity contribution >= 4 is 13.5 Å². The number of phenolic OH excluding ortho intramolecular Hbond substituents is 2. The topological polar surface area (TPSA) is 40.5 Å². The molecule has 0 spiro atoms. The van der Waals surface area contributed by atoms with Gasteiger partial charge in [0.1, 0.15) is 11.5 Å². The Balaban J connectivity index is 0.000000352. The molecule has 2 aromatic rings. The van der Waals surface area contributed by atoms with E-state index in [9.17, 15) is 5.11 Å². The van der Waals surface area contributed by atoms with E-state index in [2.05, 4.69) is 6.58 Å². The molecule has 0 aliphatic rings. The van der Waals surface area contributed by atoms with Crippen LogP contribution in [0.2, 0.25) is 0 Å². The smallest absolute Gasteiger partial charge is 0.119 e. The largest absolute Gasteiger partial charge is 0.508 e. The molecule has 0 saturated carbocycles. The highest BCUT2D eigenvalue weighted by molar-refractivity contribution is 7.59. The van der Waals surface area contributed by atoms with Crippen LogP contribution in [0.3, 0.4) is 0 Å². The Kier molecular flexibility index (Phi) is 8.22. The third-order valence-electron chi connectivity index (χ3n) is 2.49. The average molecular weight is 276 g/mol. The number of hydrogen-bond acceptors (Lipinski definition) is 2. The minimum atomic E-state index is 0. The van der Waals surface area contributed by atoms with Crippen molar-refractivity contribution in [3.63, 3.8) is 0 Å². The molecule has 0 aromatic heterocycles. The van der Waals surface area contributed by atoms with Crippen molar-refractivity contribution in [2.75, 3.05) is 0 Å². The molecule has 2 nitrogen and oxygen atoms in total. The average Bonchev–Trinajstić information content (AvgIpc) is 2.36. The fourth-order valence-electron chi connectivity index (χ4n) is 1.52. The van der Waals surface area contributed by atoms with Gasteiger partial charge >= 0.3 is 0 Å². The SMILES string of the molecule is C=CCc1c(C)cccc1O.Oc1ccccc1.S. The van der Waals surface area contributed by atoms with E-state index in [1.807, 2.05) is 25.1 Å². The molecule has 0 heterocycles. The van der Waals surface area contributed by atoms with Crippen LogP contribution in [-0.2, 0) is 6.42 Å². The van der Waals surface area contributed by atoms with E-state index >= 15 is 0 Å². The molecule has 2 N–H and O–H groups in total. The molecular weight excluding hydrogens is 256 g/mol. The molecule has 2 aromatic carbocycles. The third kappa shape index (κ3) is 6.02. The number of rotatable bonds is 2. The van der Waals surface area contributed by atoms with E-state index in [1.165, 1.54) is 0 Å². The number of hydrogen-bond donors (Lipinski definition) is 2. The van der Waals surface area contributed by atoms with Crippen LogP contribution in [0.4, 0.5) is 0 Å². The zero-order valence-electron chi connectivity index (χ0n) is 11.0. The van der Waals surface area contributed by atoms with Crippen molar-refractivity contribution in [1.82, 2.24) is 0 Å². The van der Waals surface area contributed by atoms with Crippen LogP contribution in [0, 0.1) is 6.92 Å². The van der Waals surface area contributed by atoms with Crippen LogP contribution in [0.15, 0.2) is 61.2 Å². The highest BCUT2D eigenvalue weighted by Crippen LogP contribution is 2.20. The summed E-state index contributed by atoms with van der Waals surface area (Å²) in [6, 6.07) is 14.2. The van der Waals surface area contributed by atoms with Crippen LogP contribution < -0.4 is 0 Å². The molecule has 2 rings (SSSR count). The minimum absolute atomic E-state index is 0. The fourth-order valence-corrected chi connectivity index (χ4v) is 1.52. The summed E-state index contributed by atoms with van der Waals surface area (Å²) in [5, 5.41) is 18.0. The lowest BCUT2D eigenvalue weighted by Crippen LogP contribution is -1.86. The first-order valence-corrected chi connectivity index (χ1v) is 5.77. The second kappa shape index (κ2) is 9.11. The lowest BCUT2D eigenvalue weighted by Gasteiger charge is -2.04. The van der Waals surface area contributed by atoms with E-state index < -0.39 is 0 Å². The van der Waals surface area contributed by atoms with Crippen molar-refractivity contribution in [2.24, 2.45) is 0 Å². The molecule has 102 valence electrons. The monoisotopic (exact) mass is 276 g/mol. The zero-order chi connectivity index (χ0) is 13.4. The summed E-state index contributed by atoms with van der Waals surface area (Å²) in [6.07, 6.45) is 2.53. The zero-order valence-corrected chi connectivity index (χ0v) is 12.0. The lowest BCUT2D eigenvalue weighted by atomic mass is 10.1. The molecule has 0 unspecified atom stereocenters. The Hall–Kier alpha value is -1.87. The molecule has 0 radical (unpaired) electrons. The quantitative estimate of drug-likeness (QED) is 0.816. The third-order valence-corrected chi connectivity index (χ3v) is 2.49. The normalized spacial score (nSPS) is 8.68. The second-order valence-corrected chi connectivity index (χ2v) is 3.90. The number of aromatic hydroxyl groups is 2. The van der Waals surface area contributed by atoms with Gasteiger partial charge in [-0.15, -0.1) is 6.58 Å². The van der Waals surface area contributed by atoms with Crippen molar-refractivity contribution in [3.8, 4) is 11.5 Å². The maximum Gasteiger partial charge on any atom is 0.119 e.